The number of unbranched alkanes of at least 4 members (excludes halogenated alkanes) is 3. The first-order chi connectivity index (χ1) is 8.95. The van der Waals surface area contributed by atoms with Crippen molar-refractivity contribution in [3.8, 4) is 0 Å². The molecule has 2 aliphatic carbocycles. The number of rotatable bonds is 9. The van der Waals surface area contributed by atoms with Crippen LogP contribution in [0.15, 0.2) is 0 Å². The van der Waals surface area contributed by atoms with Crippen molar-refractivity contribution in [3.63, 3.8) is 0 Å². The molecule has 2 saturated carbocycles. The molecule has 2 nitrogen and oxygen atoms in total. The molecule has 0 aromatic heterocycles. The minimum absolute atomic E-state index is 0.593. The smallest absolute Gasteiger partial charge is 0.0575 e. The highest BCUT2D eigenvalue weighted by molar-refractivity contribution is 4.67. The lowest BCUT2D eigenvalue weighted by atomic mass is 10.2. The van der Waals surface area contributed by atoms with Crippen LogP contribution in [0.4, 0.5) is 0 Å². The standard InChI is InChI=1S/C16H30O2/c1(7-13-17-15-9-3-4-10-15)2-8-14-18-16-11-5-6-12-16/h15-16H,1-14H2. The largest absolute Gasteiger partial charge is 0.378 e. The van der Waals surface area contributed by atoms with Gasteiger partial charge in [-0.1, -0.05) is 38.5 Å². The Morgan fingerprint density at radius 3 is 1.33 bits per heavy atom. The SMILES string of the molecule is C(CCCOC1CCCC1)CCOC1CCCC1. The Kier molecular flexibility index (Phi) is 7.11. The Morgan fingerprint density at radius 2 is 0.944 bits per heavy atom. The fraction of sp³-hybridized carbons (Fsp3) is 1.00. The molecule has 0 radical (unpaired) electrons. The molecule has 0 spiro atoms. The van der Waals surface area contributed by atoms with Crippen LogP contribution in [0, 0.1) is 0 Å². The van der Waals surface area contributed by atoms with Crippen molar-refractivity contribution in [3.05, 3.63) is 0 Å². The van der Waals surface area contributed by atoms with E-state index in [1.165, 1.54) is 77.0 Å². The van der Waals surface area contributed by atoms with Crippen molar-refractivity contribution in [2.45, 2.75) is 89.3 Å². The van der Waals surface area contributed by atoms with Crippen LogP contribution in [0.2, 0.25) is 0 Å². The van der Waals surface area contributed by atoms with Gasteiger partial charge in [0.2, 0.25) is 0 Å². The maximum absolute atomic E-state index is 5.86. The zero-order valence-electron chi connectivity index (χ0n) is 11.9. The summed E-state index contributed by atoms with van der Waals surface area (Å²) in [5.74, 6) is 0. The van der Waals surface area contributed by atoms with Crippen LogP contribution < -0.4 is 0 Å². The summed E-state index contributed by atoms with van der Waals surface area (Å²) in [6.45, 7) is 1.96. The summed E-state index contributed by atoms with van der Waals surface area (Å²) in [6, 6.07) is 0. The number of ether oxygens (including phenoxy) is 2. The van der Waals surface area contributed by atoms with E-state index in [9.17, 15) is 0 Å². The number of hydrogen-bond donors (Lipinski definition) is 0. The van der Waals surface area contributed by atoms with E-state index in [4.69, 9.17) is 9.47 Å². The monoisotopic (exact) mass is 254 g/mol. The molecule has 18 heavy (non-hydrogen) atoms. The molecule has 0 aliphatic heterocycles. The summed E-state index contributed by atoms with van der Waals surface area (Å²) in [5, 5.41) is 0. The Morgan fingerprint density at radius 1 is 0.556 bits per heavy atom. The third-order valence-corrected chi connectivity index (χ3v) is 4.35. The lowest BCUT2D eigenvalue weighted by Gasteiger charge is -2.11. The molecular formula is C16H30O2. The quantitative estimate of drug-likeness (QED) is 0.565. The maximum atomic E-state index is 5.86. The van der Waals surface area contributed by atoms with Gasteiger partial charge >= 0.3 is 0 Å². The van der Waals surface area contributed by atoms with Gasteiger partial charge in [0.15, 0.2) is 0 Å². The summed E-state index contributed by atoms with van der Waals surface area (Å²) < 4.78 is 11.7. The lowest BCUT2D eigenvalue weighted by molar-refractivity contribution is 0.0494. The molecule has 2 aliphatic rings. The first-order valence-corrected chi connectivity index (χ1v) is 8.18. The predicted octanol–water partition coefficient (Wildman–Crippen LogP) is 4.47. The summed E-state index contributed by atoms with van der Waals surface area (Å²) in [7, 11) is 0. The van der Waals surface area contributed by atoms with Gasteiger partial charge in [-0.05, 0) is 38.5 Å². The number of hydrogen-bond acceptors (Lipinski definition) is 2. The van der Waals surface area contributed by atoms with E-state index < -0.39 is 0 Å². The van der Waals surface area contributed by atoms with Gasteiger partial charge < -0.3 is 9.47 Å². The topological polar surface area (TPSA) is 18.5 Å². The van der Waals surface area contributed by atoms with E-state index in [1.54, 1.807) is 0 Å². The third-order valence-electron chi connectivity index (χ3n) is 4.35. The second-order valence-electron chi connectivity index (χ2n) is 5.97. The highest BCUT2D eigenvalue weighted by Crippen LogP contribution is 2.22. The van der Waals surface area contributed by atoms with Crippen LogP contribution in [-0.2, 0) is 9.47 Å². The van der Waals surface area contributed by atoms with Gasteiger partial charge in [0.1, 0.15) is 0 Å². The minimum atomic E-state index is 0.593. The molecule has 0 heterocycles. The van der Waals surface area contributed by atoms with Gasteiger partial charge in [0, 0.05) is 13.2 Å². The molecule has 2 fully saturated rings. The van der Waals surface area contributed by atoms with Gasteiger partial charge in [-0.15, -0.1) is 0 Å². The zero-order chi connectivity index (χ0) is 12.5. The summed E-state index contributed by atoms with van der Waals surface area (Å²) in [4.78, 5) is 0. The fourth-order valence-electron chi connectivity index (χ4n) is 3.17. The molecule has 0 saturated heterocycles. The average Bonchev–Trinajstić information content (AvgIpc) is 3.05. The Hall–Kier alpha value is -0.0800. The zero-order valence-corrected chi connectivity index (χ0v) is 11.9. The van der Waals surface area contributed by atoms with Crippen molar-refractivity contribution in [1.29, 1.82) is 0 Å². The van der Waals surface area contributed by atoms with Crippen LogP contribution in [0.5, 0.6) is 0 Å². The van der Waals surface area contributed by atoms with Crippen LogP contribution in [0.3, 0.4) is 0 Å². The highest BCUT2D eigenvalue weighted by Gasteiger charge is 2.15. The molecule has 2 heteroatoms. The van der Waals surface area contributed by atoms with Crippen molar-refractivity contribution in [2.75, 3.05) is 13.2 Å². The molecule has 0 atom stereocenters. The van der Waals surface area contributed by atoms with Crippen molar-refractivity contribution < 1.29 is 9.47 Å². The first kappa shape index (κ1) is 14.3. The van der Waals surface area contributed by atoms with E-state index in [2.05, 4.69) is 0 Å². The van der Waals surface area contributed by atoms with Crippen molar-refractivity contribution >= 4 is 0 Å². The summed E-state index contributed by atoms with van der Waals surface area (Å²) in [6.07, 6.45) is 17.0. The Labute approximate surface area is 112 Å². The Bertz CT molecular complexity index is 171. The third kappa shape index (κ3) is 5.71. The predicted molar refractivity (Wildman–Crippen MR) is 74.9 cm³/mol. The molecule has 0 aromatic rings. The van der Waals surface area contributed by atoms with E-state index in [0.29, 0.717) is 12.2 Å². The van der Waals surface area contributed by atoms with Crippen LogP contribution >= 0.6 is 0 Å². The molecule has 106 valence electrons. The molecule has 0 amide bonds. The van der Waals surface area contributed by atoms with Gasteiger partial charge in [-0.2, -0.15) is 0 Å². The average molecular weight is 254 g/mol. The van der Waals surface area contributed by atoms with E-state index in [0.717, 1.165) is 13.2 Å². The van der Waals surface area contributed by atoms with Crippen LogP contribution in [0.1, 0.15) is 77.0 Å². The van der Waals surface area contributed by atoms with E-state index in [1.807, 2.05) is 0 Å². The second kappa shape index (κ2) is 8.92. The molecule has 0 N–H and O–H groups in total. The lowest BCUT2D eigenvalue weighted by Crippen LogP contribution is -2.09. The molecule has 0 aromatic carbocycles. The van der Waals surface area contributed by atoms with Crippen molar-refractivity contribution in [2.24, 2.45) is 0 Å². The van der Waals surface area contributed by atoms with E-state index >= 15 is 0 Å². The van der Waals surface area contributed by atoms with Gasteiger partial charge in [-0.25, -0.2) is 0 Å². The van der Waals surface area contributed by atoms with Gasteiger partial charge in [0.05, 0.1) is 12.2 Å². The van der Waals surface area contributed by atoms with Crippen molar-refractivity contribution in [1.82, 2.24) is 0 Å². The molecule has 2 rings (SSSR count). The van der Waals surface area contributed by atoms with Gasteiger partial charge in [-0.3, -0.25) is 0 Å². The fourth-order valence-corrected chi connectivity index (χ4v) is 3.17. The minimum Gasteiger partial charge on any atom is -0.378 e. The first-order valence-electron chi connectivity index (χ1n) is 8.18. The maximum Gasteiger partial charge on any atom is 0.0575 e. The summed E-state index contributed by atoms with van der Waals surface area (Å²) >= 11 is 0. The Balaban J connectivity index is 1.31. The summed E-state index contributed by atoms with van der Waals surface area (Å²) in [5.41, 5.74) is 0. The van der Waals surface area contributed by atoms with Crippen LogP contribution in [0.25, 0.3) is 0 Å². The molecular weight excluding hydrogens is 224 g/mol. The van der Waals surface area contributed by atoms with Crippen LogP contribution in [-0.4, -0.2) is 25.4 Å². The highest BCUT2D eigenvalue weighted by atomic mass is 16.5. The van der Waals surface area contributed by atoms with E-state index in [-0.39, 0.29) is 0 Å². The molecule has 0 unspecified atom stereocenters. The molecule has 0 bridgehead atoms. The van der Waals surface area contributed by atoms with Gasteiger partial charge in [0.25, 0.3) is 0 Å². The normalized spacial score (nSPS) is 22.0. The second-order valence-corrected chi connectivity index (χ2v) is 5.97.